The first kappa shape index (κ1) is 22.0. The average molecular weight is 414 g/mol. The lowest BCUT2D eigenvalue weighted by atomic mass is 9.98. The third-order valence-electron chi connectivity index (χ3n) is 5.29. The Morgan fingerprint density at radius 1 is 0.935 bits per heavy atom. The summed E-state index contributed by atoms with van der Waals surface area (Å²) in [6.07, 6.45) is 4.08. The third-order valence-corrected chi connectivity index (χ3v) is 5.29. The van der Waals surface area contributed by atoms with Gasteiger partial charge in [-0.15, -0.1) is 0 Å². The Labute approximate surface area is 183 Å². The van der Waals surface area contributed by atoms with E-state index in [2.05, 4.69) is 61.6 Å². The number of anilines is 1. The molecule has 0 aromatic heterocycles. The molecular formula is C27H27NO3. The molecule has 0 heterocycles. The second kappa shape index (κ2) is 10.4. The highest BCUT2D eigenvalue weighted by Crippen LogP contribution is 2.21. The van der Waals surface area contributed by atoms with Crippen molar-refractivity contribution < 1.29 is 14.7 Å². The van der Waals surface area contributed by atoms with Gasteiger partial charge >= 0.3 is 5.97 Å². The molecule has 0 bridgehead atoms. The highest BCUT2D eigenvalue weighted by Gasteiger charge is 2.11. The number of benzene rings is 3. The Morgan fingerprint density at radius 3 is 2.32 bits per heavy atom. The van der Waals surface area contributed by atoms with Crippen LogP contribution in [0, 0.1) is 0 Å². The summed E-state index contributed by atoms with van der Waals surface area (Å²) in [7, 11) is 0. The van der Waals surface area contributed by atoms with Gasteiger partial charge in [-0.05, 0) is 59.7 Å². The van der Waals surface area contributed by atoms with Crippen molar-refractivity contribution in [2.24, 2.45) is 0 Å². The standard InChI is InChI=1S/C27H27NO3/c1-3-21-8-4-5-9-23(21)18-19(2)22-15-12-20(13-16-22)14-17-26(29)28-25-11-7-6-10-24(25)27(30)31/h4-13,15-16,18H,3,14,17H2,1-2H3,(H,28,29)(H,30,31)/b19-18+. The van der Waals surface area contributed by atoms with Crippen molar-refractivity contribution in [3.63, 3.8) is 0 Å². The summed E-state index contributed by atoms with van der Waals surface area (Å²) in [5.74, 6) is -1.26. The molecule has 0 spiro atoms. The van der Waals surface area contributed by atoms with E-state index in [1.807, 2.05) is 12.1 Å². The number of carbonyl (C=O) groups is 2. The van der Waals surface area contributed by atoms with Crippen LogP contribution in [0.3, 0.4) is 0 Å². The number of allylic oxidation sites excluding steroid dienone is 1. The molecule has 0 aliphatic heterocycles. The van der Waals surface area contributed by atoms with Gasteiger partial charge in [0.1, 0.15) is 0 Å². The van der Waals surface area contributed by atoms with Crippen molar-refractivity contribution in [2.45, 2.75) is 33.1 Å². The van der Waals surface area contributed by atoms with E-state index in [0.717, 1.165) is 17.5 Å². The lowest BCUT2D eigenvalue weighted by Crippen LogP contribution is -2.15. The molecule has 1 amide bonds. The quantitative estimate of drug-likeness (QED) is 0.440. The number of para-hydroxylation sites is 1. The molecule has 0 aliphatic rings. The van der Waals surface area contributed by atoms with E-state index >= 15 is 0 Å². The van der Waals surface area contributed by atoms with E-state index in [1.165, 1.54) is 22.8 Å². The fourth-order valence-electron chi connectivity index (χ4n) is 3.50. The monoisotopic (exact) mass is 413 g/mol. The van der Waals surface area contributed by atoms with Gasteiger partial charge in [0, 0.05) is 6.42 Å². The summed E-state index contributed by atoms with van der Waals surface area (Å²) in [6, 6.07) is 23.1. The molecule has 158 valence electrons. The van der Waals surface area contributed by atoms with Gasteiger partial charge < -0.3 is 10.4 Å². The van der Waals surface area contributed by atoms with Crippen LogP contribution < -0.4 is 5.32 Å². The number of hydrogen-bond acceptors (Lipinski definition) is 2. The smallest absolute Gasteiger partial charge is 0.337 e. The molecule has 0 radical (unpaired) electrons. The second-order valence-electron chi connectivity index (χ2n) is 7.48. The second-order valence-corrected chi connectivity index (χ2v) is 7.48. The van der Waals surface area contributed by atoms with E-state index in [9.17, 15) is 14.7 Å². The Hall–Kier alpha value is -3.66. The van der Waals surface area contributed by atoms with Crippen LogP contribution in [0.4, 0.5) is 5.69 Å². The van der Waals surface area contributed by atoms with Crippen LogP contribution in [0.1, 0.15) is 52.9 Å². The van der Waals surface area contributed by atoms with E-state index in [-0.39, 0.29) is 17.9 Å². The maximum absolute atomic E-state index is 12.3. The van der Waals surface area contributed by atoms with E-state index in [1.54, 1.807) is 18.2 Å². The fourth-order valence-corrected chi connectivity index (χ4v) is 3.50. The molecule has 0 unspecified atom stereocenters. The summed E-state index contributed by atoms with van der Waals surface area (Å²) in [5, 5.41) is 11.9. The first-order chi connectivity index (χ1) is 15.0. The van der Waals surface area contributed by atoms with E-state index < -0.39 is 5.97 Å². The van der Waals surface area contributed by atoms with E-state index in [4.69, 9.17) is 0 Å². The molecule has 31 heavy (non-hydrogen) atoms. The van der Waals surface area contributed by atoms with Crippen molar-refractivity contribution in [2.75, 3.05) is 5.32 Å². The normalized spacial score (nSPS) is 11.2. The summed E-state index contributed by atoms with van der Waals surface area (Å²) in [6.45, 7) is 4.27. The highest BCUT2D eigenvalue weighted by atomic mass is 16.4. The van der Waals surface area contributed by atoms with Crippen LogP contribution >= 0.6 is 0 Å². The molecule has 0 saturated carbocycles. The Balaban J connectivity index is 1.61. The molecule has 4 nitrogen and oxygen atoms in total. The number of carboxylic acids is 1. The van der Waals surface area contributed by atoms with Crippen LogP contribution in [-0.2, 0) is 17.6 Å². The number of aryl methyl sites for hydroxylation is 2. The fraction of sp³-hybridized carbons (Fsp3) is 0.185. The Kier molecular flexibility index (Phi) is 7.39. The molecule has 3 aromatic carbocycles. The molecular weight excluding hydrogens is 386 g/mol. The molecule has 3 rings (SSSR count). The van der Waals surface area contributed by atoms with Crippen LogP contribution in [0.2, 0.25) is 0 Å². The number of nitrogens with one attached hydrogen (secondary N) is 1. The largest absolute Gasteiger partial charge is 0.478 e. The Morgan fingerprint density at radius 2 is 1.61 bits per heavy atom. The minimum absolute atomic E-state index is 0.0899. The Bertz CT molecular complexity index is 1100. The number of aromatic carboxylic acids is 1. The topological polar surface area (TPSA) is 66.4 Å². The van der Waals surface area contributed by atoms with Gasteiger partial charge in [-0.1, -0.05) is 73.7 Å². The molecule has 4 heteroatoms. The predicted octanol–water partition coefficient (Wildman–Crippen LogP) is 6.08. The van der Waals surface area contributed by atoms with Crippen molar-refractivity contribution in [1.29, 1.82) is 0 Å². The highest BCUT2D eigenvalue weighted by molar-refractivity contribution is 6.00. The molecule has 0 saturated heterocycles. The van der Waals surface area contributed by atoms with Crippen LogP contribution in [0.15, 0.2) is 72.8 Å². The maximum Gasteiger partial charge on any atom is 0.337 e. The van der Waals surface area contributed by atoms with Gasteiger partial charge in [-0.25, -0.2) is 4.79 Å². The zero-order valence-corrected chi connectivity index (χ0v) is 17.9. The number of rotatable bonds is 8. The summed E-state index contributed by atoms with van der Waals surface area (Å²) in [5.41, 5.74) is 6.38. The lowest BCUT2D eigenvalue weighted by molar-refractivity contribution is -0.116. The molecule has 3 aromatic rings. The SMILES string of the molecule is CCc1ccccc1/C=C(\C)c1ccc(CCC(=O)Nc2ccccc2C(=O)O)cc1. The minimum atomic E-state index is -1.06. The van der Waals surface area contributed by atoms with Gasteiger partial charge in [-0.2, -0.15) is 0 Å². The first-order valence-electron chi connectivity index (χ1n) is 10.5. The van der Waals surface area contributed by atoms with Crippen LogP contribution in [0.5, 0.6) is 0 Å². The van der Waals surface area contributed by atoms with Gasteiger partial charge in [-0.3, -0.25) is 4.79 Å². The van der Waals surface area contributed by atoms with Gasteiger partial charge in [0.25, 0.3) is 0 Å². The third kappa shape index (κ3) is 5.92. The van der Waals surface area contributed by atoms with Crippen LogP contribution in [0.25, 0.3) is 11.6 Å². The summed E-state index contributed by atoms with van der Waals surface area (Å²) >= 11 is 0. The number of carbonyl (C=O) groups excluding carboxylic acids is 1. The van der Waals surface area contributed by atoms with Crippen molar-refractivity contribution in [3.05, 3.63) is 101 Å². The van der Waals surface area contributed by atoms with Gasteiger partial charge in [0.2, 0.25) is 5.91 Å². The average Bonchev–Trinajstić information content (AvgIpc) is 2.78. The number of hydrogen-bond donors (Lipinski definition) is 2. The zero-order chi connectivity index (χ0) is 22.2. The number of amides is 1. The van der Waals surface area contributed by atoms with Crippen LogP contribution in [-0.4, -0.2) is 17.0 Å². The molecule has 0 aliphatic carbocycles. The first-order valence-corrected chi connectivity index (χ1v) is 10.5. The van der Waals surface area contributed by atoms with E-state index in [0.29, 0.717) is 12.1 Å². The number of carboxylic acid groups (broad SMARTS) is 1. The van der Waals surface area contributed by atoms with Crippen molar-refractivity contribution >= 4 is 29.2 Å². The minimum Gasteiger partial charge on any atom is -0.478 e. The summed E-state index contributed by atoms with van der Waals surface area (Å²) < 4.78 is 0. The molecule has 0 atom stereocenters. The van der Waals surface area contributed by atoms with Gasteiger partial charge in [0.15, 0.2) is 0 Å². The van der Waals surface area contributed by atoms with Crippen molar-refractivity contribution in [3.8, 4) is 0 Å². The predicted molar refractivity (Wildman–Crippen MR) is 126 cm³/mol. The van der Waals surface area contributed by atoms with Gasteiger partial charge in [0.05, 0.1) is 11.3 Å². The maximum atomic E-state index is 12.3. The molecule has 2 N–H and O–H groups in total. The lowest BCUT2D eigenvalue weighted by Gasteiger charge is -2.09. The molecule has 0 fully saturated rings. The summed E-state index contributed by atoms with van der Waals surface area (Å²) in [4.78, 5) is 23.6. The zero-order valence-electron chi connectivity index (χ0n) is 17.9. The van der Waals surface area contributed by atoms with Crippen molar-refractivity contribution in [1.82, 2.24) is 0 Å².